The van der Waals surface area contributed by atoms with Gasteiger partial charge in [0.1, 0.15) is 0 Å². The summed E-state index contributed by atoms with van der Waals surface area (Å²) in [4.78, 5) is 8.39. The summed E-state index contributed by atoms with van der Waals surface area (Å²) in [5.74, 6) is 1.19. The van der Waals surface area contributed by atoms with E-state index in [0.29, 0.717) is 18.4 Å². The van der Waals surface area contributed by atoms with Crippen LogP contribution in [0.3, 0.4) is 0 Å². The summed E-state index contributed by atoms with van der Waals surface area (Å²) in [7, 11) is 0. The lowest BCUT2D eigenvalue weighted by Gasteiger charge is -2.14. The molecule has 17 heavy (non-hydrogen) atoms. The highest BCUT2D eigenvalue weighted by molar-refractivity contribution is 5.28. The van der Waals surface area contributed by atoms with Crippen molar-refractivity contribution >= 4 is 5.95 Å². The van der Waals surface area contributed by atoms with Gasteiger partial charge in [-0.05, 0) is 31.6 Å². The first-order chi connectivity index (χ1) is 8.28. The minimum Gasteiger partial charge on any atom is -0.478 e. The molecule has 1 saturated carbocycles. The van der Waals surface area contributed by atoms with E-state index in [-0.39, 0.29) is 12.0 Å². The van der Waals surface area contributed by atoms with Gasteiger partial charge in [0.05, 0.1) is 6.61 Å². The molecular formula is C12H19N3O2. The van der Waals surface area contributed by atoms with E-state index in [2.05, 4.69) is 15.3 Å². The van der Waals surface area contributed by atoms with Gasteiger partial charge in [-0.2, -0.15) is 4.98 Å². The predicted molar refractivity (Wildman–Crippen MR) is 65.1 cm³/mol. The van der Waals surface area contributed by atoms with Gasteiger partial charge >= 0.3 is 0 Å². The maximum absolute atomic E-state index is 8.97. The van der Waals surface area contributed by atoms with E-state index < -0.39 is 0 Å². The van der Waals surface area contributed by atoms with E-state index in [0.717, 1.165) is 13.0 Å². The Bertz CT molecular complexity index is 367. The fraction of sp³-hybridized carbons (Fsp3) is 0.667. The smallest absolute Gasteiger partial charge is 0.225 e. The lowest BCUT2D eigenvalue weighted by atomic mass is 10.0. The lowest BCUT2D eigenvalue weighted by Crippen LogP contribution is -2.18. The van der Waals surface area contributed by atoms with Crippen LogP contribution in [0.5, 0.6) is 5.88 Å². The maximum atomic E-state index is 8.97. The van der Waals surface area contributed by atoms with E-state index >= 15 is 0 Å². The molecule has 0 radical (unpaired) electrons. The van der Waals surface area contributed by atoms with Crippen LogP contribution in [0, 0.1) is 5.41 Å². The van der Waals surface area contributed by atoms with Crippen molar-refractivity contribution in [1.29, 1.82) is 0 Å². The predicted octanol–water partition coefficient (Wildman–Crippen LogP) is 1.45. The summed E-state index contributed by atoms with van der Waals surface area (Å²) >= 11 is 0. The first kappa shape index (κ1) is 12.1. The number of hydrogen-bond acceptors (Lipinski definition) is 5. The van der Waals surface area contributed by atoms with Crippen molar-refractivity contribution in [1.82, 2.24) is 9.97 Å². The highest BCUT2D eigenvalue weighted by Crippen LogP contribution is 2.48. The quantitative estimate of drug-likeness (QED) is 0.751. The highest BCUT2D eigenvalue weighted by atomic mass is 16.5. The third-order valence-electron chi connectivity index (χ3n) is 3.14. The molecule has 1 aromatic rings. The Balaban J connectivity index is 1.88. The molecule has 1 fully saturated rings. The van der Waals surface area contributed by atoms with Gasteiger partial charge in [0, 0.05) is 25.4 Å². The molecule has 1 aliphatic carbocycles. The van der Waals surface area contributed by atoms with Crippen molar-refractivity contribution in [2.75, 3.05) is 25.1 Å². The second-order valence-electron chi connectivity index (χ2n) is 4.48. The number of hydrogen-bond donors (Lipinski definition) is 2. The molecule has 0 saturated heterocycles. The fourth-order valence-corrected chi connectivity index (χ4v) is 1.85. The number of ether oxygens (including phenoxy) is 1. The Hall–Kier alpha value is -1.36. The molecule has 0 bridgehead atoms. The topological polar surface area (TPSA) is 67.3 Å². The molecule has 5 heteroatoms. The molecule has 0 aromatic carbocycles. The molecule has 1 aromatic heterocycles. The Morgan fingerprint density at radius 3 is 3.00 bits per heavy atom. The summed E-state index contributed by atoms with van der Waals surface area (Å²) in [6.45, 7) is 3.60. The van der Waals surface area contributed by atoms with Crippen LogP contribution in [0.25, 0.3) is 0 Å². The van der Waals surface area contributed by atoms with Crippen LogP contribution in [-0.4, -0.2) is 34.8 Å². The average Bonchev–Trinajstić information content (AvgIpc) is 3.09. The molecule has 0 amide bonds. The summed E-state index contributed by atoms with van der Waals surface area (Å²) in [5, 5.41) is 12.2. The van der Waals surface area contributed by atoms with Crippen LogP contribution in [0.2, 0.25) is 0 Å². The van der Waals surface area contributed by atoms with Gasteiger partial charge in [-0.25, -0.2) is 4.98 Å². The Kier molecular flexibility index (Phi) is 3.78. The Morgan fingerprint density at radius 2 is 2.35 bits per heavy atom. The van der Waals surface area contributed by atoms with Gasteiger partial charge in [-0.15, -0.1) is 0 Å². The Labute approximate surface area is 101 Å². The largest absolute Gasteiger partial charge is 0.478 e. The van der Waals surface area contributed by atoms with Crippen molar-refractivity contribution in [3.8, 4) is 5.88 Å². The zero-order chi connectivity index (χ0) is 12.1. The number of nitrogens with one attached hydrogen (secondary N) is 1. The average molecular weight is 237 g/mol. The molecule has 0 aliphatic heterocycles. The monoisotopic (exact) mass is 237 g/mol. The molecule has 0 atom stereocenters. The maximum Gasteiger partial charge on any atom is 0.225 e. The molecule has 0 unspecified atom stereocenters. The normalized spacial score (nSPS) is 16.6. The van der Waals surface area contributed by atoms with Crippen LogP contribution >= 0.6 is 0 Å². The number of nitrogens with zero attached hydrogens (tertiary/aromatic N) is 2. The van der Waals surface area contributed by atoms with Crippen molar-refractivity contribution in [3.63, 3.8) is 0 Å². The van der Waals surface area contributed by atoms with Gasteiger partial charge < -0.3 is 15.2 Å². The number of aromatic nitrogens is 2. The number of rotatable bonds is 7. The standard InChI is InChI=1S/C12H19N3O2/c1-2-17-10-3-7-13-11(15-10)14-9-12(4-5-12)6-8-16/h3,7,16H,2,4-6,8-9H2,1H3,(H,13,14,15). The van der Waals surface area contributed by atoms with Gasteiger partial charge in [0.15, 0.2) is 0 Å². The van der Waals surface area contributed by atoms with E-state index in [4.69, 9.17) is 9.84 Å². The van der Waals surface area contributed by atoms with Gasteiger partial charge in [0.25, 0.3) is 0 Å². The number of aliphatic hydroxyl groups excluding tert-OH is 1. The zero-order valence-electron chi connectivity index (χ0n) is 10.1. The summed E-state index contributed by atoms with van der Waals surface area (Å²) in [6.07, 6.45) is 4.88. The third-order valence-corrected chi connectivity index (χ3v) is 3.14. The fourth-order valence-electron chi connectivity index (χ4n) is 1.85. The first-order valence-corrected chi connectivity index (χ1v) is 6.08. The van der Waals surface area contributed by atoms with Crippen molar-refractivity contribution in [2.45, 2.75) is 26.2 Å². The van der Waals surface area contributed by atoms with E-state index in [1.807, 2.05) is 6.92 Å². The van der Waals surface area contributed by atoms with Crippen molar-refractivity contribution in [2.24, 2.45) is 5.41 Å². The first-order valence-electron chi connectivity index (χ1n) is 6.08. The number of anilines is 1. The molecule has 94 valence electrons. The Morgan fingerprint density at radius 1 is 1.53 bits per heavy atom. The summed E-state index contributed by atoms with van der Waals surface area (Å²) in [5.41, 5.74) is 0.264. The van der Waals surface area contributed by atoms with Crippen LogP contribution in [-0.2, 0) is 0 Å². The summed E-state index contributed by atoms with van der Waals surface area (Å²) in [6, 6.07) is 1.75. The minimum absolute atomic E-state index is 0.252. The molecule has 2 rings (SSSR count). The van der Waals surface area contributed by atoms with Gasteiger partial charge in [0.2, 0.25) is 11.8 Å². The van der Waals surface area contributed by atoms with Crippen LogP contribution in [0.1, 0.15) is 26.2 Å². The minimum atomic E-state index is 0.252. The second-order valence-corrected chi connectivity index (χ2v) is 4.48. The third kappa shape index (κ3) is 3.30. The van der Waals surface area contributed by atoms with E-state index in [1.54, 1.807) is 12.3 Å². The molecule has 2 N–H and O–H groups in total. The van der Waals surface area contributed by atoms with Crippen molar-refractivity contribution in [3.05, 3.63) is 12.3 Å². The van der Waals surface area contributed by atoms with E-state index in [1.165, 1.54) is 12.8 Å². The lowest BCUT2D eigenvalue weighted by molar-refractivity contribution is 0.253. The molecule has 1 heterocycles. The van der Waals surface area contributed by atoms with Crippen LogP contribution in [0.15, 0.2) is 12.3 Å². The number of aliphatic hydroxyl groups is 1. The summed E-state index contributed by atoms with van der Waals surface area (Å²) < 4.78 is 5.31. The highest BCUT2D eigenvalue weighted by Gasteiger charge is 2.41. The van der Waals surface area contributed by atoms with Crippen LogP contribution < -0.4 is 10.1 Å². The second kappa shape index (κ2) is 5.31. The molecule has 1 aliphatic rings. The van der Waals surface area contributed by atoms with Crippen molar-refractivity contribution < 1.29 is 9.84 Å². The SMILES string of the molecule is CCOc1ccnc(NCC2(CCO)CC2)n1. The van der Waals surface area contributed by atoms with Gasteiger partial charge in [-0.3, -0.25) is 0 Å². The molecule has 0 spiro atoms. The molecular weight excluding hydrogens is 218 g/mol. The van der Waals surface area contributed by atoms with E-state index in [9.17, 15) is 0 Å². The van der Waals surface area contributed by atoms with Gasteiger partial charge in [-0.1, -0.05) is 0 Å². The van der Waals surface area contributed by atoms with Crippen LogP contribution in [0.4, 0.5) is 5.95 Å². The molecule has 5 nitrogen and oxygen atoms in total. The zero-order valence-corrected chi connectivity index (χ0v) is 10.1.